The van der Waals surface area contributed by atoms with Gasteiger partial charge in [-0.05, 0) is 54.0 Å². The molecule has 7 heteroatoms. The third-order valence-corrected chi connectivity index (χ3v) is 5.72. The number of hydrogen-bond acceptors (Lipinski definition) is 5. The number of aromatic nitrogens is 3. The Bertz CT molecular complexity index is 1120. The molecular formula is C24H26FN3O3. The van der Waals surface area contributed by atoms with Crippen LogP contribution in [0.25, 0.3) is 22.4 Å². The molecule has 1 N–H and O–H groups in total. The summed E-state index contributed by atoms with van der Waals surface area (Å²) in [5, 5.41) is 14.9. The van der Waals surface area contributed by atoms with Gasteiger partial charge in [-0.2, -0.15) is 5.10 Å². The minimum atomic E-state index is -0.364. The minimum Gasteiger partial charge on any atom is -0.468 e. The molecule has 162 valence electrons. The first-order valence-electron chi connectivity index (χ1n) is 10.5. The molecule has 0 bridgehead atoms. The van der Waals surface area contributed by atoms with Gasteiger partial charge in [0, 0.05) is 23.0 Å². The zero-order valence-electron chi connectivity index (χ0n) is 18.0. The van der Waals surface area contributed by atoms with Crippen LogP contribution in [0.2, 0.25) is 0 Å². The molecule has 31 heavy (non-hydrogen) atoms. The highest BCUT2D eigenvalue weighted by atomic mass is 19.1. The molecule has 0 spiro atoms. The van der Waals surface area contributed by atoms with Gasteiger partial charge in [-0.25, -0.2) is 4.39 Å². The number of aryl methyl sites for hydroxylation is 1. The molecule has 2 heterocycles. The normalized spacial score (nSPS) is 13.0. The number of carbonyl (C=O) groups excluding carboxylic acids is 1. The second-order valence-electron chi connectivity index (χ2n) is 8.11. The van der Waals surface area contributed by atoms with Gasteiger partial charge in [-0.1, -0.05) is 26.0 Å². The first-order chi connectivity index (χ1) is 14.9. The largest absolute Gasteiger partial charge is 0.468 e. The Morgan fingerprint density at radius 3 is 2.65 bits per heavy atom. The second-order valence-corrected chi connectivity index (χ2v) is 8.11. The smallest absolute Gasteiger partial charge is 0.327 e. The van der Waals surface area contributed by atoms with Crippen LogP contribution in [0.4, 0.5) is 4.39 Å². The number of nitrogens with zero attached hydrogens (tertiary/aromatic N) is 3. The third-order valence-electron chi connectivity index (χ3n) is 5.72. The van der Waals surface area contributed by atoms with Gasteiger partial charge in [0.05, 0.1) is 25.1 Å². The Morgan fingerprint density at radius 1 is 1.26 bits per heavy atom. The van der Waals surface area contributed by atoms with Crippen LogP contribution in [0, 0.1) is 5.82 Å². The van der Waals surface area contributed by atoms with Gasteiger partial charge in [0.15, 0.2) is 0 Å². The molecule has 0 amide bonds. The molecule has 1 aliphatic rings. The standard InChI is InChI=1S/C24H26FN3O3/c1-14(2)23-19(13-29)22(15-7-9-16(25)10-8-15)17-5-4-6-20-18(24(17)26-23)11-28(27-20)12-21(30)31-3/h7-11,14,29H,4-6,12-13H2,1-3H3. The van der Waals surface area contributed by atoms with Crippen molar-refractivity contribution < 1.29 is 19.0 Å². The summed E-state index contributed by atoms with van der Waals surface area (Å²) in [6.45, 7) is 3.98. The van der Waals surface area contributed by atoms with E-state index in [0.29, 0.717) is 0 Å². The van der Waals surface area contributed by atoms with Gasteiger partial charge >= 0.3 is 5.97 Å². The highest BCUT2D eigenvalue weighted by molar-refractivity contribution is 5.81. The molecule has 4 rings (SSSR count). The van der Waals surface area contributed by atoms with E-state index in [1.54, 1.807) is 16.8 Å². The van der Waals surface area contributed by atoms with Crippen LogP contribution in [0.1, 0.15) is 48.7 Å². The van der Waals surface area contributed by atoms with Crippen LogP contribution in [-0.4, -0.2) is 33.0 Å². The summed E-state index contributed by atoms with van der Waals surface area (Å²) in [4.78, 5) is 16.7. The van der Waals surface area contributed by atoms with Gasteiger partial charge in [0.2, 0.25) is 0 Å². The number of benzene rings is 1. The van der Waals surface area contributed by atoms with Gasteiger partial charge in [-0.15, -0.1) is 0 Å². The molecule has 6 nitrogen and oxygen atoms in total. The topological polar surface area (TPSA) is 77.2 Å². The molecule has 0 radical (unpaired) electrons. The number of rotatable bonds is 5. The fraction of sp³-hybridized carbons (Fsp3) is 0.375. The minimum absolute atomic E-state index is 0.0371. The van der Waals surface area contributed by atoms with Gasteiger partial charge in [-0.3, -0.25) is 14.5 Å². The van der Waals surface area contributed by atoms with Gasteiger partial charge in [0.25, 0.3) is 0 Å². The first-order valence-corrected chi connectivity index (χ1v) is 10.5. The Morgan fingerprint density at radius 2 is 2.00 bits per heavy atom. The van der Waals surface area contributed by atoms with Gasteiger partial charge in [0.1, 0.15) is 12.4 Å². The molecule has 0 aliphatic heterocycles. The molecule has 1 aromatic carbocycles. The van der Waals surface area contributed by atoms with E-state index in [1.807, 2.05) is 20.0 Å². The maximum atomic E-state index is 13.6. The van der Waals surface area contributed by atoms with E-state index in [-0.39, 0.29) is 30.9 Å². The van der Waals surface area contributed by atoms with E-state index in [1.165, 1.54) is 19.2 Å². The average Bonchev–Trinajstić information content (AvgIpc) is 3.07. The maximum absolute atomic E-state index is 13.6. The number of aliphatic hydroxyl groups excluding tert-OH is 1. The number of hydrogen-bond donors (Lipinski definition) is 1. The van der Waals surface area contributed by atoms with Crippen LogP contribution in [0.5, 0.6) is 0 Å². The fourth-order valence-corrected chi connectivity index (χ4v) is 4.31. The Balaban J connectivity index is 1.98. The fourth-order valence-electron chi connectivity index (χ4n) is 4.31. The average molecular weight is 423 g/mol. The lowest BCUT2D eigenvalue weighted by Gasteiger charge is -2.21. The number of aliphatic hydroxyl groups is 1. The van der Waals surface area contributed by atoms with Crippen LogP contribution < -0.4 is 0 Å². The number of pyridine rings is 1. The van der Waals surface area contributed by atoms with Crippen molar-refractivity contribution in [3.8, 4) is 22.4 Å². The first kappa shape index (κ1) is 21.2. The number of methoxy groups -OCH3 is 1. The molecule has 0 fully saturated rings. The number of halogens is 1. The molecule has 0 atom stereocenters. The van der Waals surface area contributed by atoms with Crippen LogP contribution in [0.15, 0.2) is 30.5 Å². The lowest BCUT2D eigenvalue weighted by Crippen LogP contribution is -2.12. The number of fused-ring (bicyclic) bond motifs is 3. The molecule has 3 aromatic rings. The molecule has 0 saturated carbocycles. The van der Waals surface area contributed by atoms with E-state index in [0.717, 1.165) is 64.2 Å². The van der Waals surface area contributed by atoms with E-state index >= 15 is 0 Å². The van der Waals surface area contributed by atoms with E-state index in [2.05, 4.69) is 5.10 Å². The number of esters is 1. The zero-order valence-corrected chi connectivity index (χ0v) is 18.0. The van der Waals surface area contributed by atoms with Crippen molar-refractivity contribution in [2.45, 2.75) is 52.2 Å². The third kappa shape index (κ3) is 3.97. The molecule has 1 aliphatic carbocycles. The van der Waals surface area contributed by atoms with E-state index in [4.69, 9.17) is 9.72 Å². The molecule has 0 saturated heterocycles. The molecule has 2 aromatic heterocycles. The Labute approximate surface area is 180 Å². The van der Waals surface area contributed by atoms with Crippen LogP contribution in [0.3, 0.4) is 0 Å². The summed E-state index contributed by atoms with van der Waals surface area (Å²) in [6, 6.07) is 6.38. The summed E-state index contributed by atoms with van der Waals surface area (Å²) in [6.07, 6.45) is 4.24. The highest BCUT2D eigenvalue weighted by Crippen LogP contribution is 2.41. The van der Waals surface area contributed by atoms with Crippen molar-refractivity contribution in [3.63, 3.8) is 0 Å². The molecular weight excluding hydrogens is 397 g/mol. The predicted molar refractivity (Wildman–Crippen MR) is 115 cm³/mol. The van der Waals surface area contributed by atoms with Crippen molar-refractivity contribution in [2.24, 2.45) is 0 Å². The summed E-state index contributed by atoms with van der Waals surface area (Å²) in [5.74, 6) is -0.579. The SMILES string of the molecule is COC(=O)Cn1cc2c(n1)CCCc1c-2nc(C(C)C)c(CO)c1-c1ccc(F)cc1. The van der Waals surface area contributed by atoms with E-state index < -0.39 is 0 Å². The number of carbonyl (C=O) groups is 1. The predicted octanol–water partition coefficient (Wildman–Crippen LogP) is 4.03. The van der Waals surface area contributed by atoms with Crippen molar-refractivity contribution in [1.82, 2.24) is 14.8 Å². The van der Waals surface area contributed by atoms with Crippen LogP contribution >= 0.6 is 0 Å². The van der Waals surface area contributed by atoms with Crippen molar-refractivity contribution in [1.29, 1.82) is 0 Å². The highest BCUT2D eigenvalue weighted by Gasteiger charge is 2.27. The summed E-state index contributed by atoms with van der Waals surface area (Å²) in [7, 11) is 1.36. The maximum Gasteiger partial charge on any atom is 0.327 e. The lowest BCUT2D eigenvalue weighted by molar-refractivity contribution is -0.141. The lowest BCUT2D eigenvalue weighted by atomic mass is 9.87. The summed E-state index contributed by atoms with van der Waals surface area (Å²) < 4.78 is 20.0. The Kier molecular flexibility index (Phi) is 5.87. The zero-order chi connectivity index (χ0) is 22.1. The van der Waals surface area contributed by atoms with Crippen LogP contribution in [-0.2, 0) is 35.5 Å². The van der Waals surface area contributed by atoms with Crippen molar-refractivity contribution in [3.05, 3.63) is 58.8 Å². The summed E-state index contributed by atoms with van der Waals surface area (Å²) in [5.41, 5.74) is 7.01. The Hall–Kier alpha value is -3.06. The molecule has 0 unspecified atom stereocenters. The summed E-state index contributed by atoms with van der Waals surface area (Å²) >= 11 is 0. The quantitative estimate of drug-likeness (QED) is 0.627. The van der Waals surface area contributed by atoms with Crippen molar-refractivity contribution in [2.75, 3.05) is 7.11 Å². The number of ether oxygens (including phenoxy) is 1. The van der Waals surface area contributed by atoms with E-state index in [9.17, 15) is 14.3 Å². The second kappa shape index (κ2) is 8.59. The van der Waals surface area contributed by atoms with Gasteiger partial charge < -0.3 is 9.84 Å². The van der Waals surface area contributed by atoms with Crippen molar-refractivity contribution >= 4 is 5.97 Å². The monoisotopic (exact) mass is 423 g/mol.